The molecule has 66 valence electrons. The molecule has 5 heteroatoms. The Morgan fingerprint density at radius 3 is 2.92 bits per heavy atom. The van der Waals surface area contributed by atoms with Gasteiger partial charge in [-0.15, -0.1) is 11.3 Å². The number of thiazole rings is 1. The molecule has 0 aliphatic carbocycles. The van der Waals surface area contributed by atoms with Crippen molar-refractivity contribution in [3.8, 4) is 11.3 Å². The van der Waals surface area contributed by atoms with Gasteiger partial charge in [0.15, 0.2) is 0 Å². The highest BCUT2D eigenvalue weighted by Gasteiger charge is 2.06. The fourth-order valence-corrected chi connectivity index (χ4v) is 1.98. The Labute approximate surface area is 88.0 Å². The van der Waals surface area contributed by atoms with Crippen LogP contribution in [0.5, 0.6) is 0 Å². The van der Waals surface area contributed by atoms with Crippen LogP contribution in [0.2, 0.25) is 0 Å². The predicted octanol–water partition coefficient (Wildman–Crippen LogP) is 2.67. The Balaban J connectivity index is 2.52. The van der Waals surface area contributed by atoms with Gasteiger partial charge in [-0.05, 0) is 22.9 Å². The van der Waals surface area contributed by atoms with E-state index in [1.807, 2.05) is 12.3 Å². The Hall–Kier alpha value is -0.810. The summed E-state index contributed by atoms with van der Waals surface area (Å²) in [7, 11) is 0. The molecule has 0 radical (unpaired) electrons. The van der Waals surface area contributed by atoms with Gasteiger partial charge in [0, 0.05) is 11.6 Å². The molecule has 2 aromatic heterocycles. The van der Waals surface area contributed by atoms with Gasteiger partial charge in [0.1, 0.15) is 10.9 Å². The van der Waals surface area contributed by atoms with Gasteiger partial charge in [-0.2, -0.15) is 0 Å². The normalized spacial score (nSPS) is 10.3. The molecular formula is C8H6BrN3S. The molecule has 2 heterocycles. The molecule has 0 bridgehead atoms. The van der Waals surface area contributed by atoms with E-state index in [4.69, 9.17) is 0 Å². The van der Waals surface area contributed by atoms with E-state index in [0.717, 1.165) is 20.9 Å². The summed E-state index contributed by atoms with van der Waals surface area (Å²) in [6.45, 7) is 1.98. The molecule has 0 fully saturated rings. The van der Waals surface area contributed by atoms with Crippen LogP contribution in [0.15, 0.2) is 22.5 Å². The zero-order valence-electron chi connectivity index (χ0n) is 6.86. The minimum atomic E-state index is 0.785. The first-order chi connectivity index (χ1) is 6.27. The number of hydrogen-bond acceptors (Lipinski definition) is 4. The smallest absolute Gasteiger partial charge is 0.118 e. The second-order valence-electron chi connectivity index (χ2n) is 2.48. The molecular weight excluding hydrogens is 250 g/mol. The Bertz CT molecular complexity index is 427. The van der Waals surface area contributed by atoms with E-state index in [9.17, 15) is 0 Å². The van der Waals surface area contributed by atoms with Gasteiger partial charge < -0.3 is 0 Å². The zero-order valence-corrected chi connectivity index (χ0v) is 9.26. The monoisotopic (exact) mass is 255 g/mol. The fourth-order valence-electron chi connectivity index (χ4n) is 0.974. The van der Waals surface area contributed by atoms with Crippen LogP contribution >= 0.6 is 27.3 Å². The van der Waals surface area contributed by atoms with Crippen molar-refractivity contribution in [1.82, 2.24) is 15.0 Å². The lowest BCUT2D eigenvalue weighted by atomic mass is 10.3. The summed E-state index contributed by atoms with van der Waals surface area (Å²) in [5.74, 6) is 0. The average Bonchev–Trinajstić information content (AvgIpc) is 2.53. The lowest BCUT2D eigenvalue weighted by Crippen LogP contribution is -1.85. The quantitative estimate of drug-likeness (QED) is 0.736. The van der Waals surface area contributed by atoms with Gasteiger partial charge in [-0.1, -0.05) is 0 Å². The van der Waals surface area contributed by atoms with Crippen LogP contribution < -0.4 is 0 Å². The minimum absolute atomic E-state index is 0.785. The molecule has 0 atom stereocenters. The molecule has 2 rings (SSSR count). The van der Waals surface area contributed by atoms with Crippen molar-refractivity contribution in [3.05, 3.63) is 27.5 Å². The molecule has 2 aromatic rings. The van der Waals surface area contributed by atoms with Gasteiger partial charge in [-0.3, -0.25) is 0 Å². The van der Waals surface area contributed by atoms with Crippen LogP contribution in [0.25, 0.3) is 11.3 Å². The largest absolute Gasteiger partial charge is 0.244 e. The van der Waals surface area contributed by atoms with Crippen molar-refractivity contribution in [2.45, 2.75) is 6.92 Å². The fraction of sp³-hybridized carbons (Fsp3) is 0.125. The third-order valence-electron chi connectivity index (χ3n) is 1.56. The van der Waals surface area contributed by atoms with Gasteiger partial charge in [-0.25, -0.2) is 15.0 Å². The van der Waals surface area contributed by atoms with E-state index in [0.29, 0.717) is 0 Å². The van der Waals surface area contributed by atoms with Crippen molar-refractivity contribution in [1.29, 1.82) is 0 Å². The van der Waals surface area contributed by atoms with Crippen LogP contribution in [0.3, 0.4) is 0 Å². The van der Waals surface area contributed by atoms with Gasteiger partial charge >= 0.3 is 0 Å². The number of hydrogen-bond donors (Lipinski definition) is 0. The molecule has 0 aliphatic rings. The second kappa shape index (κ2) is 3.51. The van der Waals surface area contributed by atoms with E-state index in [-0.39, 0.29) is 0 Å². The highest BCUT2D eigenvalue weighted by molar-refractivity contribution is 9.10. The highest BCUT2D eigenvalue weighted by Crippen LogP contribution is 2.25. The third kappa shape index (κ3) is 1.76. The van der Waals surface area contributed by atoms with Crippen molar-refractivity contribution < 1.29 is 0 Å². The Kier molecular flexibility index (Phi) is 2.37. The summed E-state index contributed by atoms with van der Waals surface area (Å²) < 4.78 is 0.785. The molecule has 0 spiro atoms. The molecule has 0 saturated heterocycles. The standard InChI is InChI=1S/C8H6BrN3S/c1-5-12-7(3-13-5)6-2-10-4-11-8(6)9/h2-4H,1H3. The van der Waals surface area contributed by atoms with Crippen molar-refractivity contribution in [3.63, 3.8) is 0 Å². The maximum atomic E-state index is 4.35. The predicted molar refractivity (Wildman–Crippen MR) is 55.6 cm³/mol. The lowest BCUT2D eigenvalue weighted by molar-refractivity contribution is 1.13. The number of halogens is 1. The summed E-state index contributed by atoms with van der Waals surface area (Å²) in [6.07, 6.45) is 3.26. The minimum Gasteiger partial charge on any atom is -0.244 e. The first-order valence-corrected chi connectivity index (χ1v) is 5.32. The topological polar surface area (TPSA) is 38.7 Å². The summed E-state index contributed by atoms with van der Waals surface area (Å²) in [5, 5.41) is 3.05. The molecule has 13 heavy (non-hydrogen) atoms. The van der Waals surface area contributed by atoms with Crippen LogP contribution in [0, 0.1) is 6.92 Å². The Morgan fingerprint density at radius 2 is 2.31 bits per heavy atom. The maximum absolute atomic E-state index is 4.35. The van der Waals surface area contributed by atoms with Gasteiger partial charge in [0.25, 0.3) is 0 Å². The molecule has 0 aliphatic heterocycles. The Morgan fingerprint density at radius 1 is 1.46 bits per heavy atom. The van der Waals surface area contributed by atoms with Crippen molar-refractivity contribution >= 4 is 27.3 Å². The number of aromatic nitrogens is 3. The van der Waals surface area contributed by atoms with E-state index in [2.05, 4.69) is 30.9 Å². The second-order valence-corrected chi connectivity index (χ2v) is 4.29. The molecule has 0 unspecified atom stereocenters. The van der Waals surface area contributed by atoms with Crippen molar-refractivity contribution in [2.75, 3.05) is 0 Å². The third-order valence-corrected chi connectivity index (χ3v) is 2.96. The first kappa shape index (κ1) is 8.77. The van der Waals surface area contributed by atoms with Gasteiger partial charge in [0.05, 0.1) is 16.3 Å². The van der Waals surface area contributed by atoms with E-state index < -0.39 is 0 Å². The van der Waals surface area contributed by atoms with Crippen LogP contribution in [-0.4, -0.2) is 15.0 Å². The van der Waals surface area contributed by atoms with E-state index >= 15 is 0 Å². The summed E-state index contributed by atoms with van der Waals surface area (Å²) in [4.78, 5) is 12.3. The van der Waals surface area contributed by atoms with E-state index in [1.165, 1.54) is 6.33 Å². The van der Waals surface area contributed by atoms with Crippen LogP contribution in [0.1, 0.15) is 5.01 Å². The van der Waals surface area contributed by atoms with Crippen LogP contribution in [0.4, 0.5) is 0 Å². The SMILES string of the molecule is Cc1nc(-c2cncnc2Br)cs1. The lowest BCUT2D eigenvalue weighted by Gasteiger charge is -1.96. The molecule has 0 aromatic carbocycles. The summed E-state index contributed by atoms with van der Waals surface area (Å²) in [5.41, 5.74) is 1.86. The molecule has 0 N–H and O–H groups in total. The molecule has 3 nitrogen and oxygen atoms in total. The van der Waals surface area contributed by atoms with E-state index in [1.54, 1.807) is 17.5 Å². The highest BCUT2D eigenvalue weighted by atomic mass is 79.9. The average molecular weight is 256 g/mol. The van der Waals surface area contributed by atoms with Gasteiger partial charge in [0.2, 0.25) is 0 Å². The molecule has 0 amide bonds. The maximum Gasteiger partial charge on any atom is 0.118 e. The molecule has 0 saturated carbocycles. The zero-order chi connectivity index (χ0) is 9.26. The van der Waals surface area contributed by atoms with Crippen LogP contribution in [-0.2, 0) is 0 Å². The number of nitrogens with zero attached hydrogens (tertiary/aromatic N) is 3. The number of aryl methyl sites for hydroxylation is 1. The first-order valence-electron chi connectivity index (χ1n) is 3.65. The summed E-state index contributed by atoms with van der Waals surface area (Å²) >= 11 is 4.98. The summed E-state index contributed by atoms with van der Waals surface area (Å²) in [6, 6.07) is 0. The van der Waals surface area contributed by atoms with Crippen molar-refractivity contribution in [2.24, 2.45) is 0 Å². The number of rotatable bonds is 1.